The number of ether oxygens (including phenoxy) is 2. The fourth-order valence-electron chi connectivity index (χ4n) is 2.67. The first-order chi connectivity index (χ1) is 11.1. The van der Waals surface area contributed by atoms with Crippen LogP contribution in [0.2, 0.25) is 0 Å². The van der Waals surface area contributed by atoms with Crippen LogP contribution in [0.1, 0.15) is 24.8 Å². The number of carbonyl (C=O) groups is 2. The second-order valence-electron chi connectivity index (χ2n) is 5.83. The molecule has 1 atom stereocenters. The van der Waals surface area contributed by atoms with Crippen molar-refractivity contribution in [3.05, 3.63) is 35.9 Å². The zero-order chi connectivity index (χ0) is 16.5. The van der Waals surface area contributed by atoms with E-state index in [1.54, 1.807) is 4.90 Å². The van der Waals surface area contributed by atoms with Gasteiger partial charge in [-0.25, -0.2) is 4.79 Å². The molecule has 0 aromatic heterocycles. The third kappa shape index (κ3) is 6.28. The second kappa shape index (κ2) is 9.15. The SMILES string of the molecule is NC(=O)COCC1CCCCN(C(=O)OCc2ccccc2)C1. The van der Waals surface area contributed by atoms with Gasteiger partial charge in [0.1, 0.15) is 13.2 Å². The lowest BCUT2D eigenvalue weighted by Gasteiger charge is -2.23. The van der Waals surface area contributed by atoms with Gasteiger partial charge in [-0.1, -0.05) is 36.8 Å². The van der Waals surface area contributed by atoms with Gasteiger partial charge in [0.05, 0.1) is 6.61 Å². The molecule has 1 fully saturated rings. The van der Waals surface area contributed by atoms with E-state index in [2.05, 4.69) is 0 Å². The van der Waals surface area contributed by atoms with Gasteiger partial charge in [0.25, 0.3) is 0 Å². The molecule has 6 nitrogen and oxygen atoms in total. The Hall–Kier alpha value is -2.08. The van der Waals surface area contributed by atoms with Gasteiger partial charge in [-0.15, -0.1) is 0 Å². The van der Waals surface area contributed by atoms with Crippen LogP contribution >= 0.6 is 0 Å². The van der Waals surface area contributed by atoms with Gasteiger partial charge in [-0.2, -0.15) is 0 Å². The number of rotatable bonds is 6. The smallest absolute Gasteiger partial charge is 0.410 e. The number of hydrogen-bond donors (Lipinski definition) is 1. The van der Waals surface area contributed by atoms with E-state index in [9.17, 15) is 9.59 Å². The molecule has 0 radical (unpaired) electrons. The van der Waals surface area contributed by atoms with Crippen LogP contribution in [0, 0.1) is 5.92 Å². The van der Waals surface area contributed by atoms with Crippen LogP contribution in [0.25, 0.3) is 0 Å². The average Bonchev–Trinajstić information content (AvgIpc) is 2.79. The molecule has 0 saturated carbocycles. The fourth-order valence-corrected chi connectivity index (χ4v) is 2.67. The first-order valence-corrected chi connectivity index (χ1v) is 7.97. The Balaban J connectivity index is 1.79. The highest BCUT2D eigenvalue weighted by molar-refractivity contribution is 5.74. The van der Waals surface area contributed by atoms with E-state index in [1.165, 1.54) is 0 Å². The summed E-state index contributed by atoms with van der Waals surface area (Å²) in [6, 6.07) is 9.62. The Morgan fingerprint density at radius 1 is 1.22 bits per heavy atom. The van der Waals surface area contributed by atoms with Crippen molar-refractivity contribution in [1.82, 2.24) is 4.90 Å². The first-order valence-electron chi connectivity index (χ1n) is 7.97. The monoisotopic (exact) mass is 320 g/mol. The van der Waals surface area contributed by atoms with Gasteiger partial charge in [0.15, 0.2) is 0 Å². The summed E-state index contributed by atoms with van der Waals surface area (Å²) in [7, 11) is 0. The van der Waals surface area contributed by atoms with Crippen molar-refractivity contribution >= 4 is 12.0 Å². The summed E-state index contributed by atoms with van der Waals surface area (Å²) < 4.78 is 10.7. The quantitative estimate of drug-likeness (QED) is 0.868. The Bertz CT molecular complexity index is 507. The summed E-state index contributed by atoms with van der Waals surface area (Å²) in [5, 5.41) is 0. The minimum atomic E-state index is -0.474. The predicted octanol–water partition coefficient (Wildman–Crippen LogP) is 1.93. The summed E-state index contributed by atoms with van der Waals surface area (Å²) in [6.07, 6.45) is 2.66. The maximum Gasteiger partial charge on any atom is 0.410 e. The summed E-state index contributed by atoms with van der Waals surface area (Å²) in [6.45, 7) is 1.92. The molecule has 1 aliphatic heterocycles. The maximum atomic E-state index is 12.2. The molecule has 1 aliphatic rings. The van der Waals surface area contributed by atoms with Crippen LogP contribution < -0.4 is 5.73 Å². The van der Waals surface area contributed by atoms with Crippen molar-refractivity contribution in [3.63, 3.8) is 0 Å². The molecule has 6 heteroatoms. The molecule has 23 heavy (non-hydrogen) atoms. The molecule has 1 aromatic rings. The maximum absolute atomic E-state index is 12.2. The average molecular weight is 320 g/mol. The fraction of sp³-hybridized carbons (Fsp3) is 0.529. The lowest BCUT2D eigenvalue weighted by Crippen LogP contribution is -2.36. The van der Waals surface area contributed by atoms with Gasteiger partial charge in [0, 0.05) is 19.0 Å². The largest absolute Gasteiger partial charge is 0.445 e. The molecule has 2 rings (SSSR count). The molecule has 2 N–H and O–H groups in total. The normalized spacial score (nSPS) is 18.3. The van der Waals surface area contributed by atoms with E-state index in [-0.39, 0.29) is 25.2 Å². The predicted molar refractivity (Wildman–Crippen MR) is 85.6 cm³/mol. The molecule has 1 unspecified atom stereocenters. The second-order valence-corrected chi connectivity index (χ2v) is 5.83. The zero-order valence-electron chi connectivity index (χ0n) is 13.3. The van der Waals surface area contributed by atoms with Crippen LogP contribution in [0.4, 0.5) is 4.79 Å². The first kappa shape index (κ1) is 17.3. The molecule has 0 spiro atoms. The van der Waals surface area contributed by atoms with Gasteiger partial charge in [-0.3, -0.25) is 4.79 Å². The number of carbonyl (C=O) groups excluding carboxylic acids is 2. The number of hydrogen-bond acceptors (Lipinski definition) is 4. The van der Waals surface area contributed by atoms with Crippen LogP contribution in [0.15, 0.2) is 30.3 Å². The van der Waals surface area contributed by atoms with E-state index in [1.807, 2.05) is 30.3 Å². The summed E-state index contributed by atoms with van der Waals surface area (Å²) in [5.41, 5.74) is 6.03. The molecule has 1 heterocycles. The Labute approximate surface area is 136 Å². The lowest BCUT2D eigenvalue weighted by molar-refractivity contribution is -0.123. The summed E-state index contributed by atoms with van der Waals surface area (Å²) in [4.78, 5) is 24.7. The highest BCUT2D eigenvalue weighted by atomic mass is 16.6. The van der Waals surface area contributed by atoms with Gasteiger partial charge in [-0.05, 0) is 18.4 Å². The van der Waals surface area contributed by atoms with Crippen molar-refractivity contribution in [3.8, 4) is 0 Å². The van der Waals surface area contributed by atoms with E-state index in [0.29, 0.717) is 19.7 Å². The number of primary amides is 1. The van der Waals surface area contributed by atoms with E-state index >= 15 is 0 Å². The van der Waals surface area contributed by atoms with Gasteiger partial charge in [0.2, 0.25) is 5.91 Å². The van der Waals surface area contributed by atoms with E-state index in [4.69, 9.17) is 15.2 Å². The third-order valence-corrected chi connectivity index (χ3v) is 3.83. The van der Waals surface area contributed by atoms with E-state index < -0.39 is 5.91 Å². The standard InChI is InChI=1S/C17H24N2O4/c18-16(20)13-22-11-15-8-4-5-9-19(10-15)17(21)23-12-14-6-2-1-3-7-14/h1-3,6-7,15H,4-5,8-13H2,(H2,18,20). The van der Waals surface area contributed by atoms with Crippen LogP contribution in [-0.4, -0.2) is 43.2 Å². The summed E-state index contributed by atoms with van der Waals surface area (Å²) >= 11 is 0. The molecule has 1 saturated heterocycles. The van der Waals surface area contributed by atoms with Crippen LogP contribution in [-0.2, 0) is 20.9 Å². The lowest BCUT2D eigenvalue weighted by atomic mass is 10.0. The minimum absolute atomic E-state index is 0.0745. The van der Waals surface area contributed by atoms with Crippen molar-refractivity contribution in [2.75, 3.05) is 26.3 Å². The molecule has 2 amide bonds. The topological polar surface area (TPSA) is 81.9 Å². The highest BCUT2D eigenvalue weighted by Gasteiger charge is 2.23. The minimum Gasteiger partial charge on any atom is -0.445 e. The number of benzene rings is 1. The molecule has 1 aromatic carbocycles. The zero-order valence-corrected chi connectivity index (χ0v) is 13.3. The molecular weight excluding hydrogens is 296 g/mol. The van der Waals surface area contributed by atoms with Crippen LogP contribution in [0.3, 0.4) is 0 Å². The number of nitrogens with two attached hydrogens (primary N) is 1. The molecule has 126 valence electrons. The molecular formula is C17H24N2O4. The van der Waals surface area contributed by atoms with Crippen molar-refractivity contribution in [2.24, 2.45) is 11.7 Å². The van der Waals surface area contributed by atoms with Crippen LogP contribution in [0.5, 0.6) is 0 Å². The van der Waals surface area contributed by atoms with Crippen molar-refractivity contribution in [2.45, 2.75) is 25.9 Å². The van der Waals surface area contributed by atoms with Gasteiger partial charge < -0.3 is 20.1 Å². The summed E-state index contributed by atoms with van der Waals surface area (Å²) in [5.74, 6) is -0.265. The third-order valence-electron chi connectivity index (χ3n) is 3.83. The van der Waals surface area contributed by atoms with E-state index in [0.717, 1.165) is 24.8 Å². The Morgan fingerprint density at radius 2 is 2.00 bits per heavy atom. The molecule has 0 bridgehead atoms. The Kier molecular flexibility index (Phi) is 6.87. The van der Waals surface area contributed by atoms with Crippen molar-refractivity contribution < 1.29 is 19.1 Å². The van der Waals surface area contributed by atoms with Gasteiger partial charge >= 0.3 is 6.09 Å². The molecule has 0 aliphatic carbocycles. The highest BCUT2D eigenvalue weighted by Crippen LogP contribution is 2.18. The number of likely N-dealkylation sites (tertiary alicyclic amines) is 1. The van der Waals surface area contributed by atoms with Crippen molar-refractivity contribution in [1.29, 1.82) is 0 Å². The number of amides is 2. The number of nitrogens with zero attached hydrogens (tertiary/aromatic N) is 1. The Morgan fingerprint density at radius 3 is 2.74 bits per heavy atom.